The lowest BCUT2D eigenvalue weighted by Gasteiger charge is -2.08. The topological polar surface area (TPSA) is 29.5 Å². The van der Waals surface area contributed by atoms with E-state index < -0.39 is 5.51 Å². The highest BCUT2D eigenvalue weighted by Gasteiger charge is 2.27. The van der Waals surface area contributed by atoms with E-state index >= 15 is 0 Å². The van der Waals surface area contributed by atoms with E-state index in [-0.39, 0.29) is 30.7 Å². The molecule has 0 unspecified atom stereocenters. The minimum atomic E-state index is -4.20. The minimum absolute atomic E-state index is 0.00263. The third kappa shape index (κ3) is 5.27. The first-order valence-corrected chi connectivity index (χ1v) is 5.53. The first kappa shape index (κ1) is 13.2. The molecule has 90 valence electrons. The first-order chi connectivity index (χ1) is 7.51. The lowest BCUT2D eigenvalue weighted by Crippen LogP contribution is -2.07. The molecule has 6 heteroatoms. The van der Waals surface area contributed by atoms with Crippen LogP contribution in [0.1, 0.15) is 5.56 Å². The van der Waals surface area contributed by atoms with Gasteiger partial charge in [-0.25, -0.2) is 0 Å². The van der Waals surface area contributed by atoms with Gasteiger partial charge in [0, 0.05) is 5.75 Å². The molecule has 1 aromatic carbocycles. The summed E-state index contributed by atoms with van der Waals surface area (Å²) in [6, 6.07) is 6.55. The van der Waals surface area contributed by atoms with Gasteiger partial charge in [0.2, 0.25) is 0 Å². The number of benzene rings is 1. The Kier molecular flexibility index (Phi) is 4.95. The predicted octanol–water partition coefficient (Wildman–Crippen LogP) is 2.81. The van der Waals surface area contributed by atoms with E-state index in [1.165, 1.54) is 0 Å². The summed E-state index contributed by atoms with van der Waals surface area (Å²) in [4.78, 5) is 0. The molecule has 16 heavy (non-hydrogen) atoms. The Morgan fingerprint density at radius 3 is 2.31 bits per heavy atom. The summed E-state index contributed by atoms with van der Waals surface area (Å²) in [7, 11) is 0. The number of ether oxygens (including phenoxy) is 1. The molecule has 0 bridgehead atoms. The number of rotatable bonds is 5. The zero-order chi connectivity index (χ0) is 12.0. The molecule has 0 aliphatic rings. The van der Waals surface area contributed by atoms with E-state index in [2.05, 4.69) is 0 Å². The molecule has 0 aromatic heterocycles. The van der Waals surface area contributed by atoms with Gasteiger partial charge in [-0.2, -0.15) is 13.2 Å². The quantitative estimate of drug-likeness (QED) is 0.817. The van der Waals surface area contributed by atoms with E-state index in [0.29, 0.717) is 5.75 Å². The molecule has 0 atom stereocenters. The molecule has 0 fully saturated rings. The summed E-state index contributed by atoms with van der Waals surface area (Å²) >= 11 is -0.105. The van der Waals surface area contributed by atoms with Crippen LogP contribution in [0.3, 0.4) is 0 Å². The van der Waals surface area contributed by atoms with Crippen LogP contribution in [-0.4, -0.2) is 23.0 Å². The van der Waals surface area contributed by atoms with Gasteiger partial charge in [-0.15, -0.1) is 0 Å². The molecule has 1 N–H and O–H groups in total. The number of thioether (sulfide) groups is 1. The van der Waals surface area contributed by atoms with Crippen LogP contribution in [-0.2, 0) is 6.61 Å². The van der Waals surface area contributed by atoms with Gasteiger partial charge >= 0.3 is 5.51 Å². The monoisotopic (exact) mass is 252 g/mol. The zero-order valence-electron chi connectivity index (χ0n) is 8.33. The molecular formula is C10H11F3O2S. The number of halogens is 3. The largest absolute Gasteiger partial charge is 0.493 e. The summed E-state index contributed by atoms with van der Waals surface area (Å²) in [6.07, 6.45) is 0. The smallest absolute Gasteiger partial charge is 0.441 e. The standard InChI is InChI=1S/C10H11F3O2S/c11-10(12,13)16-6-5-15-9-3-1-8(7-14)2-4-9/h1-4,14H,5-7H2. The molecule has 0 heterocycles. The van der Waals surface area contributed by atoms with Crippen molar-refractivity contribution < 1.29 is 23.0 Å². The fourth-order valence-electron chi connectivity index (χ4n) is 1.01. The maximum Gasteiger partial charge on any atom is 0.441 e. The Hall–Kier alpha value is -0.880. The number of aliphatic hydroxyl groups excluding tert-OH is 1. The molecule has 0 saturated heterocycles. The van der Waals surface area contributed by atoms with E-state index in [1.54, 1.807) is 24.3 Å². The second-order valence-corrected chi connectivity index (χ2v) is 4.10. The van der Waals surface area contributed by atoms with E-state index in [0.717, 1.165) is 5.56 Å². The van der Waals surface area contributed by atoms with E-state index in [9.17, 15) is 13.2 Å². The molecule has 0 aliphatic carbocycles. The second kappa shape index (κ2) is 6.00. The fraction of sp³-hybridized carbons (Fsp3) is 0.400. The Bertz CT molecular complexity index is 311. The third-order valence-electron chi connectivity index (χ3n) is 1.72. The average molecular weight is 252 g/mol. The molecule has 1 rings (SSSR count). The number of alkyl halides is 3. The highest BCUT2D eigenvalue weighted by molar-refractivity contribution is 8.00. The highest BCUT2D eigenvalue weighted by atomic mass is 32.2. The number of hydrogen-bond acceptors (Lipinski definition) is 3. The van der Waals surface area contributed by atoms with Crippen molar-refractivity contribution in [2.75, 3.05) is 12.4 Å². The maximum atomic E-state index is 11.8. The van der Waals surface area contributed by atoms with Crippen molar-refractivity contribution in [1.82, 2.24) is 0 Å². The average Bonchev–Trinajstić information content (AvgIpc) is 2.24. The normalized spacial score (nSPS) is 11.5. The van der Waals surface area contributed by atoms with Crippen LogP contribution in [0.4, 0.5) is 13.2 Å². The minimum Gasteiger partial charge on any atom is -0.493 e. The molecule has 0 amide bonds. The van der Waals surface area contributed by atoms with Crippen LogP contribution in [0.2, 0.25) is 0 Å². The van der Waals surface area contributed by atoms with Gasteiger partial charge in [0.1, 0.15) is 5.75 Å². The van der Waals surface area contributed by atoms with E-state index in [1.807, 2.05) is 0 Å². The Labute approximate surface area is 95.4 Å². The second-order valence-electron chi connectivity index (χ2n) is 2.94. The summed E-state index contributed by atoms with van der Waals surface area (Å²) in [5.74, 6) is 0.366. The molecule has 0 aliphatic heterocycles. The van der Waals surface area contributed by atoms with Crippen LogP contribution >= 0.6 is 11.8 Å². The first-order valence-electron chi connectivity index (χ1n) is 4.54. The lowest BCUT2D eigenvalue weighted by atomic mass is 10.2. The van der Waals surface area contributed by atoms with Gasteiger partial charge in [-0.1, -0.05) is 12.1 Å². The Morgan fingerprint density at radius 1 is 1.19 bits per heavy atom. The van der Waals surface area contributed by atoms with Gasteiger partial charge < -0.3 is 9.84 Å². The van der Waals surface area contributed by atoms with E-state index in [4.69, 9.17) is 9.84 Å². The summed E-state index contributed by atoms with van der Waals surface area (Å²) in [6.45, 7) is -0.0626. The number of hydrogen-bond donors (Lipinski definition) is 1. The summed E-state index contributed by atoms with van der Waals surface area (Å²) in [5, 5.41) is 8.76. The van der Waals surface area contributed by atoms with Crippen LogP contribution in [0.15, 0.2) is 24.3 Å². The van der Waals surface area contributed by atoms with Crippen molar-refractivity contribution in [1.29, 1.82) is 0 Å². The van der Waals surface area contributed by atoms with Crippen molar-refractivity contribution in [3.8, 4) is 5.75 Å². The van der Waals surface area contributed by atoms with Crippen LogP contribution < -0.4 is 4.74 Å². The van der Waals surface area contributed by atoms with Gasteiger partial charge in [0.15, 0.2) is 0 Å². The SMILES string of the molecule is OCc1ccc(OCCSC(F)(F)F)cc1. The predicted molar refractivity (Wildman–Crippen MR) is 56.4 cm³/mol. The number of aliphatic hydroxyl groups is 1. The van der Waals surface area contributed by atoms with Crippen LogP contribution in [0, 0.1) is 0 Å². The fourth-order valence-corrected chi connectivity index (χ4v) is 1.41. The Balaban J connectivity index is 2.27. The lowest BCUT2D eigenvalue weighted by molar-refractivity contribution is -0.0329. The maximum absolute atomic E-state index is 11.8. The van der Waals surface area contributed by atoms with Gasteiger partial charge in [0.25, 0.3) is 0 Å². The third-order valence-corrected chi connectivity index (χ3v) is 2.42. The Morgan fingerprint density at radius 2 is 1.81 bits per heavy atom. The molecule has 0 radical (unpaired) electrons. The van der Waals surface area contributed by atoms with Crippen molar-refractivity contribution in [3.63, 3.8) is 0 Å². The zero-order valence-corrected chi connectivity index (χ0v) is 9.14. The van der Waals surface area contributed by atoms with Crippen molar-refractivity contribution in [2.45, 2.75) is 12.1 Å². The van der Waals surface area contributed by atoms with Crippen molar-refractivity contribution >= 4 is 11.8 Å². The van der Waals surface area contributed by atoms with Crippen molar-refractivity contribution in [3.05, 3.63) is 29.8 Å². The molecule has 0 spiro atoms. The van der Waals surface area contributed by atoms with Gasteiger partial charge in [-0.3, -0.25) is 0 Å². The molecular weight excluding hydrogens is 241 g/mol. The van der Waals surface area contributed by atoms with Crippen LogP contribution in [0.5, 0.6) is 5.75 Å². The van der Waals surface area contributed by atoms with Gasteiger partial charge in [-0.05, 0) is 29.5 Å². The summed E-state index contributed by atoms with van der Waals surface area (Å²) in [5.41, 5.74) is -3.47. The molecule has 0 saturated carbocycles. The van der Waals surface area contributed by atoms with Crippen LogP contribution in [0.25, 0.3) is 0 Å². The molecule has 1 aromatic rings. The van der Waals surface area contributed by atoms with Crippen molar-refractivity contribution in [2.24, 2.45) is 0 Å². The molecule has 2 nitrogen and oxygen atoms in total. The summed E-state index contributed by atoms with van der Waals surface area (Å²) < 4.78 is 40.4. The highest BCUT2D eigenvalue weighted by Crippen LogP contribution is 2.29. The van der Waals surface area contributed by atoms with Gasteiger partial charge in [0.05, 0.1) is 13.2 Å².